The van der Waals surface area contributed by atoms with Gasteiger partial charge in [0.25, 0.3) is 0 Å². The maximum Gasteiger partial charge on any atom is 0.0751 e. The van der Waals surface area contributed by atoms with E-state index in [1.807, 2.05) is 0 Å². The van der Waals surface area contributed by atoms with E-state index in [-0.39, 0.29) is 0 Å². The molecule has 0 saturated carbocycles. The second-order valence-corrected chi connectivity index (χ2v) is 5.19. The van der Waals surface area contributed by atoms with Crippen LogP contribution in [0.25, 0.3) is 5.70 Å². The van der Waals surface area contributed by atoms with Crippen molar-refractivity contribution in [2.24, 2.45) is 0 Å². The fourth-order valence-corrected chi connectivity index (χ4v) is 3.21. The van der Waals surface area contributed by atoms with Crippen molar-refractivity contribution in [3.05, 3.63) is 71.8 Å². The van der Waals surface area contributed by atoms with E-state index in [2.05, 4.69) is 77.7 Å². The Hall–Kier alpha value is -2.22. The van der Waals surface area contributed by atoms with Crippen LogP contribution in [0.2, 0.25) is 0 Å². The highest BCUT2D eigenvalue weighted by Gasteiger charge is 2.36. The highest BCUT2D eigenvalue weighted by atomic mass is 15.7. The first kappa shape index (κ1) is 10.7. The summed E-state index contributed by atoms with van der Waals surface area (Å²) >= 11 is 0. The third kappa shape index (κ3) is 1.49. The molecule has 0 saturated heterocycles. The smallest absolute Gasteiger partial charge is 0.0751 e. The molecule has 0 aromatic heterocycles. The Balaban J connectivity index is 1.75. The molecule has 0 aliphatic carbocycles. The standard InChI is InChI=1S/C17H16N2/c1-18-17(13-7-3-2-4-8-13)12-15-11-14-9-5-6-10-16(14)19(15)18/h2-10,12,15H,11H2,1H3/t15-/m0/s1. The molecule has 0 spiro atoms. The SMILES string of the molecule is CN1C(c2ccccc2)=C[C@@H]2Cc3ccccc3N21. The van der Waals surface area contributed by atoms with Crippen LogP contribution in [0.5, 0.6) is 0 Å². The lowest BCUT2D eigenvalue weighted by Gasteiger charge is -2.31. The van der Waals surface area contributed by atoms with Gasteiger partial charge in [-0.05, 0) is 23.3 Å². The molecule has 94 valence electrons. The zero-order valence-electron chi connectivity index (χ0n) is 11.0. The molecule has 0 bridgehead atoms. The number of benzene rings is 2. The molecule has 2 heteroatoms. The minimum atomic E-state index is 0.470. The van der Waals surface area contributed by atoms with Crippen molar-refractivity contribution in [2.45, 2.75) is 12.5 Å². The Kier molecular flexibility index (Phi) is 2.18. The Morgan fingerprint density at radius 1 is 0.947 bits per heavy atom. The number of para-hydroxylation sites is 1. The summed E-state index contributed by atoms with van der Waals surface area (Å²) < 4.78 is 0. The number of anilines is 1. The van der Waals surface area contributed by atoms with Gasteiger partial charge in [-0.3, -0.25) is 10.0 Å². The summed E-state index contributed by atoms with van der Waals surface area (Å²) in [7, 11) is 2.15. The van der Waals surface area contributed by atoms with Gasteiger partial charge in [0, 0.05) is 13.5 Å². The molecule has 2 aromatic rings. The van der Waals surface area contributed by atoms with E-state index in [0.29, 0.717) is 6.04 Å². The van der Waals surface area contributed by atoms with Crippen LogP contribution < -0.4 is 5.01 Å². The molecule has 2 aliphatic heterocycles. The highest BCUT2D eigenvalue weighted by Crippen LogP contribution is 2.41. The van der Waals surface area contributed by atoms with Gasteiger partial charge in [-0.1, -0.05) is 48.5 Å². The van der Waals surface area contributed by atoms with Gasteiger partial charge in [-0.2, -0.15) is 0 Å². The van der Waals surface area contributed by atoms with Gasteiger partial charge in [0.05, 0.1) is 17.4 Å². The lowest BCUT2D eigenvalue weighted by Crippen LogP contribution is -2.37. The van der Waals surface area contributed by atoms with Crippen LogP contribution in [-0.4, -0.2) is 18.1 Å². The predicted octanol–water partition coefficient (Wildman–Crippen LogP) is 3.32. The van der Waals surface area contributed by atoms with Gasteiger partial charge >= 0.3 is 0 Å². The molecule has 0 radical (unpaired) electrons. The predicted molar refractivity (Wildman–Crippen MR) is 78.6 cm³/mol. The third-order valence-corrected chi connectivity index (χ3v) is 4.07. The number of hydrogen-bond acceptors (Lipinski definition) is 2. The van der Waals surface area contributed by atoms with E-state index in [4.69, 9.17) is 0 Å². The summed E-state index contributed by atoms with van der Waals surface area (Å²) in [6.07, 6.45) is 3.49. The Bertz CT molecular complexity index is 645. The summed E-state index contributed by atoms with van der Waals surface area (Å²) in [5.74, 6) is 0. The molecule has 0 unspecified atom stereocenters. The molecule has 2 aliphatic rings. The van der Waals surface area contributed by atoms with E-state index >= 15 is 0 Å². The van der Waals surface area contributed by atoms with Crippen molar-refractivity contribution in [1.29, 1.82) is 0 Å². The highest BCUT2D eigenvalue weighted by molar-refractivity contribution is 5.74. The van der Waals surface area contributed by atoms with Gasteiger partial charge in [-0.25, -0.2) is 0 Å². The Morgan fingerprint density at radius 3 is 2.53 bits per heavy atom. The minimum Gasteiger partial charge on any atom is -0.287 e. The van der Waals surface area contributed by atoms with Crippen molar-refractivity contribution in [3.8, 4) is 0 Å². The lowest BCUT2D eigenvalue weighted by molar-refractivity contribution is 0.447. The monoisotopic (exact) mass is 248 g/mol. The third-order valence-electron chi connectivity index (χ3n) is 4.07. The zero-order chi connectivity index (χ0) is 12.8. The van der Waals surface area contributed by atoms with Crippen molar-refractivity contribution in [3.63, 3.8) is 0 Å². The normalized spacial score (nSPS) is 20.3. The topological polar surface area (TPSA) is 6.48 Å². The molecule has 0 amide bonds. The van der Waals surface area contributed by atoms with Crippen molar-refractivity contribution >= 4 is 11.4 Å². The molecule has 2 nitrogen and oxygen atoms in total. The second kappa shape index (κ2) is 3.89. The van der Waals surface area contributed by atoms with E-state index in [1.165, 1.54) is 22.5 Å². The molecule has 4 rings (SSSR count). The van der Waals surface area contributed by atoms with E-state index in [1.54, 1.807) is 0 Å². The van der Waals surface area contributed by atoms with Crippen LogP contribution in [0.3, 0.4) is 0 Å². The number of fused-ring (bicyclic) bond motifs is 3. The average Bonchev–Trinajstić information content (AvgIpc) is 2.97. The quantitative estimate of drug-likeness (QED) is 0.764. The molecular formula is C17H16N2. The summed E-state index contributed by atoms with van der Waals surface area (Å²) in [6, 6.07) is 19.8. The second-order valence-electron chi connectivity index (χ2n) is 5.19. The molecule has 19 heavy (non-hydrogen) atoms. The molecule has 0 fully saturated rings. The average molecular weight is 248 g/mol. The van der Waals surface area contributed by atoms with Crippen molar-refractivity contribution in [1.82, 2.24) is 5.01 Å². The largest absolute Gasteiger partial charge is 0.287 e. The van der Waals surface area contributed by atoms with E-state index < -0.39 is 0 Å². The summed E-state index contributed by atoms with van der Waals surface area (Å²) in [6.45, 7) is 0. The summed E-state index contributed by atoms with van der Waals surface area (Å²) in [4.78, 5) is 0. The molecule has 0 N–H and O–H groups in total. The van der Waals surface area contributed by atoms with Gasteiger partial charge in [0.15, 0.2) is 0 Å². The van der Waals surface area contributed by atoms with Gasteiger partial charge < -0.3 is 0 Å². The zero-order valence-corrected chi connectivity index (χ0v) is 11.0. The molecule has 2 heterocycles. The molecule has 1 atom stereocenters. The summed E-state index contributed by atoms with van der Waals surface area (Å²) in [5.41, 5.74) is 5.39. The van der Waals surface area contributed by atoms with Crippen LogP contribution in [-0.2, 0) is 6.42 Å². The summed E-state index contributed by atoms with van der Waals surface area (Å²) in [5, 5.41) is 4.68. The van der Waals surface area contributed by atoms with E-state index in [9.17, 15) is 0 Å². The first-order valence-corrected chi connectivity index (χ1v) is 6.72. The number of nitrogens with zero attached hydrogens (tertiary/aromatic N) is 2. The number of rotatable bonds is 1. The van der Waals surface area contributed by atoms with Gasteiger partial charge in [0.2, 0.25) is 0 Å². The van der Waals surface area contributed by atoms with Gasteiger partial charge in [0.1, 0.15) is 0 Å². The molecule has 2 aromatic carbocycles. The van der Waals surface area contributed by atoms with Crippen LogP contribution in [0, 0.1) is 0 Å². The van der Waals surface area contributed by atoms with Crippen LogP contribution >= 0.6 is 0 Å². The number of hydrazine groups is 1. The van der Waals surface area contributed by atoms with Crippen LogP contribution in [0.4, 0.5) is 5.69 Å². The van der Waals surface area contributed by atoms with Crippen LogP contribution in [0.15, 0.2) is 60.7 Å². The van der Waals surface area contributed by atoms with Crippen molar-refractivity contribution < 1.29 is 0 Å². The molecular weight excluding hydrogens is 232 g/mol. The van der Waals surface area contributed by atoms with Crippen molar-refractivity contribution in [2.75, 3.05) is 12.1 Å². The van der Waals surface area contributed by atoms with E-state index in [0.717, 1.165) is 6.42 Å². The number of hydrogen-bond donors (Lipinski definition) is 0. The maximum atomic E-state index is 2.40. The minimum absolute atomic E-state index is 0.470. The first-order chi connectivity index (χ1) is 9.34. The maximum absolute atomic E-state index is 2.40. The van der Waals surface area contributed by atoms with Crippen LogP contribution in [0.1, 0.15) is 11.1 Å². The Labute approximate surface area is 113 Å². The van der Waals surface area contributed by atoms with Gasteiger partial charge in [-0.15, -0.1) is 0 Å². The Morgan fingerprint density at radius 2 is 1.68 bits per heavy atom. The lowest BCUT2D eigenvalue weighted by atomic mass is 10.1. The fraction of sp³-hybridized carbons (Fsp3) is 0.176. The fourth-order valence-electron chi connectivity index (χ4n) is 3.21. The first-order valence-electron chi connectivity index (χ1n) is 6.72.